The van der Waals surface area contributed by atoms with E-state index in [0.717, 1.165) is 26.1 Å². The van der Waals surface area contributed by atoms with Crippen molar-refractivity contribution in [2.24, 2.45) is 5.92 Å². The van der Waals surface area contributed by atoms with Gasteiger partial charge >= 0.3 is 0 Å². The van der Waals surface area contributed by atoms with Gasteiger partial charge in [0.05, 0.1) is 0 Å². The molecule has 0 saturated carbocycles. The van der Waals surface area contributed by atoms with Crippen molar-refractivity contribution in [3.8, 4) is 0 Å². The SMILES string of the molecule is CCCCCCCCC(CCOCC)C(C)(OCC)OCC. The normalized spacial score (nSPS) is 13.5. The quantitative estimate of drug-likeness (QED) is 0.275. The molecular weight excluding hydrogens is 276 g/mol. The summed E-state index contributed by atoms with van der Waals surface area (Å²) in [4.78, 5) is 0. The van der Waals surface area contributed by atoms with E-state index in [4.69, 9.17) is 14.2 Å². The van der Waals surface area contributed by atoms with Crippen LogP contribution in [0.25, 0.3) is 0 Å². The van der Waals surface area contributed by atoms with E-state index >= 15 is 0 Å². The molecule has 3 nitrogen and oxygen atoms in total. The number of rotatable bonds is 16. The second-order valence-electron chi connectivity index (χ2n) is 6.12. The lowest BCUT2D eigenvalue weighted by Gasteiger charge is -2.37. The third-order valence-corrected chi connectivity index (χ3v) is 4.32. The minimum absolute atomic E-state index is 0.408. The van der Waals surface area contributed by atoms with Crippen LogP contribution in [0, 0.1) is 5.92 Å². The molecule has 0 fully saturated rings. The molecule has 0 aliphatic rings. The molecule has 0 aromatic rings. The summed E-state index contributed by atoms with van der Waals surface area (Å²) in [7, 11) is 0. The molecule has 0 aliphatic heterocycles. The molecule has 1 atom stereocenters. The Kier molecular flexibility index (Phi) is 14.4. The van der Waals surface area contributed by atoms with Gasteiger partial charge < -0.3 is 14.2 Å². The van der Waals surface area contributed by atoms with Crippen LogP contribution in [-0.4, -0.2) is 32.2 Å². The first-order valence-electron chi connectivity index (χ1n) is 9.50. The van der Waals surface area contributed by atoms with Crippen molar-refractivity contribution < 1.29 is 14.2 Å². The van der Waals surface area contributed by atoms with Crippen LogP contribution in [-0.2, 0) is 14.2 Å². The maximum absolute atomic E-state index is 5.98. The van der Waals surface area contributed by atoms with Gasteiger partial charge in [-0.3, -0.25) is 0 Å². The van der Waals surface area contributed by atoms with Gasteiger partial charge in [-0.2, -0.15) is 0 Å². The molecule has 0 saturated heterocycles. The lowest BCUT2D eigenvalue weighted by molar-refractivity contribution is -0.255. The molecule has 0 radical (unpaired) electrons. The topological polar surface area (TPSA) is 27.7 Å². The van der Waals surface area contributed by atoms with E-state index in [1.165, 1.54) is 38.5 Å². The fourth-order valence-corrected chi connectivity index (χ4v) is 3.06. The largest absolute Gasteiger partial charge is 0.382 e. The highest BCUT2D eigenvalue weighted by Crippen LogP contribution is 2.31. The predicted molar refractivity (Wildman–Crippen MR) is 94.3 cm³/mol. The van der Waals surface area contributed by atoms with Crippen molar-refractivity contribution in [1.82, 2.24) is 0 Å². The molecule has 0 bridgehead atoms. The van der Waals surface area contributed by atoms with E-state index in [1.54, 1.807) is 0 Å². The second-order valence-corrected chi connectivity index (χ2v) is 6.12. The van der Waals surface area contributed by atoms with Crippen LogP contribution in [0.5, 0.6) is 0 Å². The Morgan fingerprint density at radius 2 is 1.32 bits per heavy atom. The summed E-state index contributed by atoms with van der Waals surface area (Å²) in [6, 6.07) is 0. The smallest absolute Gasteiger partial charge is 0.168 e. The molecule has 0 amide bonds. The Morgan fingerprint density at radius 3 is 1.86 bits per heavy atom. The first kappa shape index (κ1) is 21.9. The first-order valence-corrected chi connectivity index (χ1v) is 9.50. The van der Waals surface area contributed by atoms with Crippen LogP contribution in [0.4, 0.5) is 0 Å². The van der Waals surface area contributed by atoms with Crippen LogP contribution in [0.3, 0.4) is 0 Å². The zero-order chi connectivity index (χ0) is 16.7. The van der Waals surface area contributed by atoms with Crippen LogP contribution >= 0.6 is 0 Å². The van der Waals surface area contributed by atoms with Crippen molar-refractivity contribution in [3.63, 3.8) is 0 Å². The average molecular weight is 317 g/mol. The number of ether oxygens (including phenoxy) is 3. The van der Waals surface area contributed by atoms with Gasteiger partial charge in [-0.15, -0.1) is 0 Å². The highest BCUT2D eigenvalue weighted by atomic mass is 16.7. The average Bonchev–Trinajstić information content (AvgIpc) is 2.49. The molecule has 134 valence electrons. The molecule has 0 heterocycles. The van der Waals surface area contributed by atoms with Gasteiger partial charge in [0.25, 0.3) is 0 Å². The third kappa shape index (κ3) is 9.81. The van der Waals surface area contributed by atoms with Gasteiger partial charge in [0, 0.05) is 32.3 Å². The summed E-state index contributed by atoms with van der Waals surface area (Å²) >= 11 is 0. The third-order valence-electron chi connectivity index (χ3n) is 4.32. The molecule has 0 rings (SSSR count). The van der Waals surface area contributed by atoms with Gasteiger partial charge in [0.2, 0.25) is 0 Å². The Balaban J connectivity index is 4.37. The summed E-state index contributed by atoms with van der Waals surface area (Å²) in [5, 5.41) is 0. The molecule has 0 aromatic heterocycles. The molecule has 22 heavy (non-hydrogen) atoms. The van der Waals surface area contributed by atoms with E-state index in [-0.39, 0.29) is 0 Å². The maximum atomic E-state index is 5.98. The van der Waals surface area contributed by atoms with Crippen molar-refractivity contribution in [3.05, 3.63) is 0 Å². The van der Waals surface area contributed by atoms with Crippen LogP contribution < -0.4 is 0 Å². The summed E-state index contributed by atoms with van der Waals surface area (Å²) in [6.45, 7) is 13.5. The molecule has 1 unspecified atom stereocenters. The van der Waals surface area contributed by atoms with Gasteiger partial charge in [-0.25, -0.2) is 0 Å². The Morgan fingerprint density at radius 1 is 0.727 bits per heavy atom. The molecular formula is C19H40O3. The Hall–Kier alpha value is -0.120. The zero-order valence-corrected chi connectivity index (χ0v) is 15.8. The lowest BCUT2D eigenvalue weighted by Crippen LogP contribution is -2.41. The first-order chi connectivity index (χ1) is 10.6. The molecule has 0 spiro atoms. The van der Waals surface area contributed by atoms with E-state index in [2.05, 4.69) is 13.8 Å². The van der Waals surface area contributed by atoms with Crippen molar-refractivity contribution in [2.45, 2.75) is 91.8 Å². The fraction of sp³-hybridized carbons (Fsp3) is 1.00. The van der Waals surface area contributed by atoms with Crippen LogP contribution in [0.15, 0.2) is 0 Å². The van der Waals surface area contributed by atoms with E-state index in [9.17, 15) is 0 Å². The van der Waals surface area contributed by atoms with Crippen molar-refractivity contribution >= 4 is 0 Å². The van der Waals surface area contributed by atoms with E-state index < -0.39 is 5.79 Å². The molecule has 0 N–H and O–H groups in total. The van der Waals surface area contributed by atoms with Gasteiger partial charge in [0.1, 0.15) is 0 Å². The Bertz CT molecular complexity index is 225. The minimum atomic E-state index is -0.468. The summed E-state index contributed by atoms with van der Waals surface area (Å²) < 4.78 is 17.5. The highest BCUT2D eigenvalue weighted by molar-refractivity contribution is 4.76. The van der Waals surface area contributed by atoms with Gasteiger partial charge in [-0.1, -0.05) is 45.4 Å². The number of hydrogen-bond donors (Lipinski definition) is 0. The fourth-order valence-electron chi connectivity index (χ4n) is 3.06. The number of unbranched alkanes of at least 4 members (excludes halogenated alkanes) is 5. The van der Waals surface area contributed by atoms with Crippen molar-refractivity contribution in [1.29, 1.82) is 0 Å². The summed E-state index contributed by atoms with van der Waals surface area (Å²) in [6.07, 6.45) is 10.2. The van der Waals surface area contributed by atoms with E-state index in [0.29, 0.717) is 19.1 Å². The van der Waals surface area contributed by atoms with Gasteiger partial charge in [0.15, 0.2) is 5.79 Å². The lowest BCUT2D eigenvalue weighted by atomic mass is 9.90. The number of hydrogen-bond acceptors (Lipinski definition) is 3. The van der Waals surface area contributed by atoms with Crippen LogP contribution in [0.1, 0.15) is 86.0 Å². The maximum Gasteiger partial charge on any atom is 0.168 e. The monoisotopic (exact) mass is 316 g/mol. The van der Waals surface area contributed by atoms with Gasteiger partial charge in [-0.05, 0) is 40.5 Å². The molecule has 3 heteroatoms. The van der Waals surface area contributed by atoms with Crippen molar-refractivity contribution in [2.75, 3.05) is 26.4 Å². The zero-order valence-electron chi connectivity index (χ0n) is 15.8. The standard InChI is InChI=1S/C19H40O3/c1-6-10-11-12-13-14-15-18(16-17-20-7-2)19(5,21-8-3)22-9-4/h18H,6-17H2,1-5H3. The highest BCUT2D eigenvalue weighted by Gasteiger charge is 2.35. The molecule has 0 aromatic carbocycles. The molecule has 0 aliphatic carbocycles. The van der Waals surface area contributed by atoms with Crippen LogP contribution in [0.2, 0.25) is 0 Å². The second kappa shape index (κ2) is 14.5. The Labute approximate surface area is 139 Å². The summed E-state index contributed by atoms with van der Waals surface area (Å²) in [5.74, 6) is -0.0607. The summed E-state index contributed by atoms with van der Waals surface area (Å²) in [5.41, 5.74) is 0. The minimum Gasteiger partial charge on any atom is -0.382 e. The van der Waals surface area contributed by atoms with E-state index in [1.807, 2.05) is 20.8 Å². The predicted octanol–water partition coefficient (Wildman–Crippen LogP) is 5.57.